The molecule has 0 radical (unpaired) electrons. The third kappa shape index (κ3) is 2.98. The van der Waals surface area contributed by atoms with E-state index in [1.165, 1.54) is 13.6 Å². The Bertz CT molecular complexity index is 1280. The van der Waals surface area contributed by atoms with Crippen LogP contribution in [-0.4, -0.2) is 18.7 Å². The first-order chi connectivity index (χ1) is 13.0. The van der Waals surface area contributed by atoms with Crippen molar-refractivity contribution >= 4 is 17.2 Å². The second kappa shape index (κ2) is 6.55. The van der Waals surface area contributed by atoms with Gasteiger partial charge >= 0.3 is 11.2 Å². The van der Waals surface area contributed by atoms with E-state index < -0.39 is 0 Å². The molecule has 2 aromatic carbocycles. The SMILES string of the molecule is Cc1cccc(Cn2nc3c(=O)n(-c4cccc(Cl)c4C)ccn3c2=O)c1. The number of hydrogen-bond acceptors (Lipinski definition) is 3. The number of rotatable bonds is 3. The Labute approximate surface area is 159 Å². The molecule has 0 aliphatic carbocycles. The Hall–Kier alpha value is -3.12. The molecule has 0 fully saturated rings. The summed E-state index contributed by atoms with van der Waals surface area (Å²) >= 11 is 6.18. The Morgan fingerprint density at radius 3 is 2.59 bits per heavy atom. The minimum atomic E-state index is -0.372. The fourth-order valence-electron chi connectivity index (χ4n) is 3.14. The molecule has 4 rings (SSSR count). The maximum atomic E-state index is 12.9. The minimum absolute atomic E-state index is 0.0783. The lowest BCUT2D eigenvalue weighted by Gasteiger charge is -2.09. The van der Waals surface area contributed by atoms with Crippen molar-refractivity contribution in [3.63, 3.8) is 0 Å². The van der Waals surface area contributed by atoms with Gasteiger partial charge in [-0.25, -0.2) is 13.9 Å². The van der Waals surface area contributed by atoms with Crippen LogP contribution >= 0.6 is 11.6 Å². The number of nitrogens with zero attached hydrogens (tertiary/aromatic N) is 4. The van der Waals surface area contributed by atoms with Crippen LogP contribution in [0.4, 0.5) is 0 Å². The molecule has 0 saturated carbocycles. The average molecular weight is 381 g/mol. The number of aromatic nitrogens is 4. The highest BCUT2D eigenvalue weighted by molar-refractivity contribution is 6.31. The summed E-state index contributed by atoms with van der Waals surface area (Å²) in [6.07, 6.45) is 3.12. The first kappa shape index (κ1) is 17.3. The smallest absolute Gasteiger partial charge is 0.279 e. The van der Waals surface area contributed by atoms with E-state index in [0.29, 0.717) is 17.3 Å². The summed E-state index contributed by atoms with van der Waals surface area (Å²) in [7, 11) is 0. The monoisotopic (exact) mass is 380 g/mol. The minimum Gasteiger partial charge on any atom is -0.279 e. The quantitative estimate of drug-likeness (QED) is 0.549. The first-order valence-electron chi connectivity index (χ1n) is 8.47. The summed E-state index contributed by atoms with van der Waals surface area (Å²) in [6, 6.07) is 13.2. The third-order valence-corrected chi connectivity index (χ3v) is 4.97. The van der Waals surface area contributed by atoms with Gasteiger partial charge in [0.2, 0.25) is 5.65 Å². The van der Waals surface area contributed by atoms with Crippen LogP contribution in [0.15, 0.2) is 64.4 Å². The van der Waals surface area contributed by atoms with E-state index in [-0.39, 0.29) is 16.9 Å². The number of benzene rings is 2. The van der Waals surface area contributed by atoms with Gasteiger partial charge in [0.15, 0.2) is 0 Å². The molecular formula is C20H17ClN4O2. The Balaban J connectivity index is 1.86. The van der Waals surface area contributed by atoms with Crippen LogP contribution in [-0.2, 0) is 6.54 Å². The molecule has 0 bridgehead atoms. The molecule has 0 spiro atoms. The van der Waals surface area contributed by atoms with E-state index in [9.17, 15) is 9.59 Å². The first-order valence-corrected chi connectivity index (χ1v) is 8.85. The molecule has 0 N–H and O–H groups in total. The highest BCUT2D eigenvalue weighted by Gasteiger charge is 2.14. The molecule has 0 aliphatic heterocycles. The highest BCUT2D eigenvalue weighted by atomic mass is 35.5. The van der Waals surface area contributed by atoms with Crippen molar-refractivity contribution in [2.45, 2.75) is 20.4 Å². The maximum Gasteiger partial charge on any atom is 0.350 e. The number of aryl methyl sites for hydroxylation is 1. The zero-order chi connectivity index (χ0) is 19.1. The molecule has 0 amide bonds. The molecule has 0 unspecified atom stereocenters. The van der Waals surface area contributed by atoms with Crippen molar-refractivity contribution in [1.82, 2.24) is 18.7 Å². The topological polar surface area (TPSA) is 61.3 Å². The highest BCUT2D eigenvalue weighted by Crippen LogP contribution is 2.21. The lowest BCUT2D eigenvalue weighted by Crippen LogP contribution is -2.24. The van der Waals surface area contributed by atoms with Crippen LogP contribution in [0, 0.1) is 13.8 Å². The van der Waals surface area contributed by atoms with Crippen molar-refractivity contribution in [2.75, 3.05) is 0 Å². The van der Waals surface area contributed by atoms with Crippen LogP contribution in [0.1, 0.15) is 16.7 Å². The summed E-state index contributed by atoms with van der Waals surface area (Å²) in [5.41, 5.74) is 2.86. The summed E-state index contributed by atoms with van der Waals surface area (Å²) in [4.78, 5) is 25.6. The van der Waals surface area contributed by atoms with Gasteiger partial charge in [-0.3, -0.25) is 9.36 Å². The standard InChI is InChI=1S/C20H17ClN4O2/c1-13-5-3-6-15(11-13)12-25-20(27)24-10-9-23(19(26)18(24)22-25)17-8-4-7-16(21)14(17)2/h3-11H,12H2,1-2H3. The van der Waals surface area contributed by atoms with Gasteiger partial charge in [-0.05, 0) is 37.1 Å². The zero-order valence-electron chi connectivity index (χ0n) is 14.9. The Kier molecular flexibility index (Phi) is 4.20. The fraction of sp³-hybridized carbons (Fsp3) is 0.150. The van der Waals surface area contributed by atoms with E-state index in [4.69, 9.17) is 11.6 Å². The normalized spacial score (nSPS) is 11.2. The summed E-state index contributed by atoms with van der Waals surface area (Å²) in [6.45, 7) is 4.14. The maximum absolute atomic E-state index is 12.9. The van der Waals surface area contributed by atoms with Crippen molar-refractivity contribution < 1.29 is 0 Å². The molecule has 0 saturated heterocycles. The second-order valence-corrected chi connectivity index (χ2v) is 6.89. The largest absolute Gasteiger partial charge is 0.350 e. The van der Waals surface area contributed by atoms with E-state index in [2.05, 4.69) is 5.10 Å². The Morgan fingerprint density at radius 1 is 1.04 bits per heavy atom. The van der Waals surface area contributed by atoms with Crippen LogP contribution < -0.4 is 11.2 Å². The van der Waals surface area contributed by atoms with Crippen LogP contribution in [0.2, 0.25) is 5.02 Å². The average Bonchev–Trinajstić information content (AvgIpc) is 2.95. The zero-order valence-corrected chi connectivity index (χ0v) is 15.6. The van der Waals surface area contributed by atoms with Crippen molar-refractivity contribution in [3.8, 4) is 5.69 Å². The number of fused-ring (bicyclic) bond motifs is 1. The second-order valence-electron chi connectivity index (χ2n) is 6.48. The van der Waals surface area contributed by atoms with Gasteiger partial charge < -0.3 is 0 Å². The molecule has 27 heavy (non-hydrogen) atoms. The summed E-state index contributed by atoms with van der Waals surface area (Å²) < 4.78 is 4.04. The fourth-order valence-corrected chi connectivity index (χ4v) is 3.31. The third-order valence-electron chi connectivity index (χ3n) is 4.56. The van der Waals surface area contributed by atoms with Gasteiger partial charge in [-0.15, -0.1) is 5.10 Å². The molecular weight excluding hydrogens is 364 g/mol. The molecule has 0 atom stereocenters. The van der Waals surface area contributed by atoms with Crippen LogP contribution in [0.5, 0.6) is 0 Å². The molecule has 136 valence electrons. The Morgan fingerprint density at radius 2 is 1.81 bits per heavy atom. The van der Waals surface area contributed by atoms with Crippen molar-refractivity contribution in [3.05, 3.63) is 97.4 Å². The van der Waals surface area contributed by atoms with Gasteiger partial charge in [0.1, 0.15) is 0 Å². The summed E-state index contributed by atoms with van der Waals surface area (Å²) in [5, 5.41) is 4.85. The molecule has 7 heteroatoms. The molecule has 2 heterocycles. The van der Waals surface area contributed by atoms with Gasteiger partial charge in [-0.2, -0.15) is 0 Å². The van der Waals surface area contributed by atoms with Crippen LogP contribution in [0.3, 0.4) is 0 Å². The van der Waals surface area contributed by atoms with Gasteiger partial charge in [0, 0.05) is 17.4 Å². The van der Waals surface area contributed by atoms with Gasteiger partial charge in [0.05, 0.1) is 12.2 Å². The van der Waals surface area contributed by atoms with E-state index in [0.717, 1.165) is 16.7 Å². The molecule has 2 aromatic heterocycles. The van der Waals surface area contributed by atoms with Crippen molar-refractivity contribution in [2.24, 2.45) is 0 Å². The molecule has 6 nitrogen and oxygen atoms in total. The van der Waals surface area contributed by atoms with Gasteiger partial charge in [-0.1, -0.05) is 47.5 Å². The summed E-state index contributed by atoms with van der Waals surface area (Å²) in [5.74, 6) is 0. The van der Waals surface area contributed by atoms with E-state index in [1.807, 2.05) is 38.1 Å². The van der Waals surface area contributed by atoms with E-state index in [1.54, 1.807) is 30.6 Å². The predicted octanol–water partition coefficient (Wildman–Crippen LogP) is 2.97. The van der Waals surface area contributed by atoms with E-state index >= 15 is 0 Å². The number of halogens is 1. The number of hydrogen-bond donors (Lipinski definition) is 0. The lowest BCUT2D eigenvalue weighted by atomic mass is 10.1. The predicted molar refractivity (Wildman–Crippen MR) is 105 cm³/mol. The van der Waals surface area contributed by atoms with Gasteiger partial charge in [0.25, 0.3) is 0 Å². The lowest BCUT2D eigenvalue weighted by molar-refractivity contribution is 0.658. The van der Waals surface area contributed by atoms with Crippen LogP contribution in [0.25, 0.3) is 11.3 Å². The molecule has 0 aliphatic rings. The van der Waals surface area contributed by atoms with Crippen molar-refractivity contribution in [1.29, 1.82) is 0 Å². The molecule has 4 aromatic rings.